The van der Waals surface area contributed by atoms with E-state index >= 15 is 0 Å². The molecule has 0 radical (unpaired) electrons. The van der Waals surface area contributed by atoms with Gasteiger partial charge in [-0.3, -0.25) is 5.32 Å². The van der Waals surface area contributed by atoms with Crippen LogP contribution < -0.4 is 5.32 Å². The van der Waals surface area contributed by atoms with Crippen LogP contribution in [0.3, 0.4) is 0 Å². The SMILES string of the molecule is CCOC(=O)C1(NCCN=[N+]=[N-])CCc2ccccc21. The van der Waals surface area contributed by atoms with E-state index in [1.807, 2.05) is 24.3 Å². The van der Waals surface area contributed by atoms with Gasteiger partial charge in [0.2, 0.25) is 0 Å². The van der Waals surface area contributed by atoms with Crippen LogP contribution in [0.2, 0.25) is 0 Å². The second kappa shape index (κ2) is 6.41. The summed E-state index contributed by atoms with van der Waals surface area (Å²) < 4.78 is 5.24. The highest BCUT2D eigenvalue weighted by atomic mass is 16.5. The summed E-state index contributed by atoms with van der Waals surface area (Å²) in [5.41, 5.74) is 9.64. The van der Waals surface area contributed by atoms with Gasteiger partial charge in [-0.15, -0.1) is 0 Å². The van der Waals surface area contributed by atoms with Crippen molar-refractivity contribution in [3.8, 4) is 0 Å². The van der Waals surface area contributed by atoms with Crippen molar-refractivity contribution in [3.05, 3.63) is 45.8 Å². The van der Waals surface area contributed by atoms with E-state index in [4.69, 9.17) is 10.3 Å². The lowest BCUT2D eigenvalue weighted by Crippen LogP contribution is -2.49. The average Bonchev–Trinajstić information content (AvgIpc) is 2.84. The molecule has 0 saturated carbocycles. The van der Waals surface area contributed by atoms with Crippen LogP contribution in [0.5, 0.6) is 0 Å². The van der Waals surface area contributed by atoms with Gasteiger partial charge in [-0.2, -0.15) is 0 Å². The molecule has 106 valence electrons. The zero-order valence-electron chi connectivity index (χ0n) is 11.5. The quantitative estimate of drug-likeness (QED) is 0.284. The number of nitrogens with zero attached hydrogens (tertiary/aromatic N) is 3. The highest BCUT2D eigenvalue weighted by molar-refractivity contribution is 5.84. The van der Waals surface area contributed by atoms with Crippen LogP contribution >= 0.6 is 0 Å². The van der Waals surface area contributed by atoms with Crippen molar-refractivity contribution in [2.24, 2.45) is 5.11 Å². The Bertz CT molecular complexity index is 540. The minimum atomic E-state index is -0.808. The lowest BCUT2D eigenvalue weighted by atomic mass is 9.91. The molecule has 6 nitrogen and oxygen atoms in total. The first-order chi connectivity index (χ1) is 9.74. The first-order valence-electron chi connectivity index (χ1n) is 6.76. The molecule has 1 aromatic rings. The monoisotopic (exact) mass is 274 g/mol. The molecule has 0 spiro atoms. The Morgan fingerprint density at radius 2 is 2.35 bits per heavy atom. The molecular formula is C14H18N4O2. The molecule has 1 N–H and O–H groups in total. The van der Waals surface area contributed by atoms with Crippen molar-refractivity contribution in [2.75, 3.05) is 19.7 Å². The molecule has 0 saturated heterocycles. The summed E-state index contributed by atoms with van der Waals surface area (Å²) in [5, 5.41) is 6.72. The van der Waals surface area contributed by atoms with Gasteiger partial charge >= 0.3 is 5.97 Å². The fourth-order valence-corrected chi connectivity index (χ4v) is 2.70. The lowest BCUT2D eigenvalue weighted by molar-refractivity contribution is -0.151. The molecule has 0 heterocycles. The maximum absolute atomic E-state index is 12.4. The lowest BCUT2D eigenvalue weighted by Gasteiger charge is -2.29. The van der Waals surface area contributed by atoms with Gasteiger partial charge in [-0.05, 0) is 36.4 Å². The summed E-state index contributed by atoms with van der Waals surface area (Å²) in [4.78, 5) is 15.1. The molecule has 1 aliphatic rings. The summed E-state index contributed by atoms with van der Waals surface area (Å²) in [7, 11) is 0. The molecule has 0 aliphatic heterocycles. The number of esters is 1. The van der Waals surface area contributed by atoms with Crippen LogP contribution in [0.4, 0.5) is 0 Å². The predicted molar refractivity (Wildman–Crippen MR) is 75.1 cm³/mol. The van der Waals surface area contributed by atoms with Gasteiger partial charge in [-0.25, -0.2) is 4.79 Å². The molecule has 20 heavy (non-hydrogen) atoms. The molecule has 6 heteroatoms. The normalized spacial score (nSPS) is 20.1. The molecule has 1 aliphatic carbocycles. The Hall–Kier alpha value is -2.04. The van der Waals surface area contributed by atoms with Crippen molar-refractivity contribution < 1.29 is 9.53 Å². The number of benzene rings is 1. The summed E-state index contributed by atoms with van der Waals surface area (Å²) >= 11 is 0. The van der Waals surface area contributed by atoms with Gasteiger partial charge in [0.15, 0.2) is 0 Å². The number of rotatable bonds is 6. The van der Waals surface area contributed by atoms with Crippen molar-refractivity contribution in [1.29, 1.82) is 0 Å². The third-order valence-corrected chi connectivity index (χ3v) is 3.57. The molecule has 0 amide bonds. The largest absolute Gasteiger partial charge is 0.464 e. The minimum Gasteiger partial charge on any atom is -0.464 e. The van der Waals surface area contributed by atoms with Crippen LogP contribution in [-0.2, 0) is 21.5 Å². The molecular weight excluding hydrogens is 256 g/mol. The average molecular weight is 274 g/mol. The number of carbonyl (C=O) groups excluding carboxylic acids is 1. The van der Waals surface area contributed by atoms with E-state index in [0.717, 1.165) is 17.5 Å². The number of nitrogens with one attached hydrogen (secondary N) is 1. The second-order valence-corrected chi connectivity index (χ2v) is 4.66. The Kier molecular flexibility index (Phi) is 4.61. The van der Waals surface area contributed by atoms with Gasteiger partial charge in [0, 0.05) is 18.0 Å². The summed E-state index contributed by atoms with van der Waals surface area (Å²) in [6, 6.07) is 7.89. The van der Waals surface area contributed by atoms with E-state index in [1.165, 1.54) is 0 Å². The van der Waals surface area contributed by atoms with Gasteiger partial charge in [0.05, 0.1) is 6.61 Å². The standard InChI is InChI=1S/C14H18N4O2/c1-2-20-13(19)14(16-9-10-17-18-15)8-7-11-5-3-4-6-12(11)14/h3-6,16H,2,7-10H2,1H3. The van der Waals surface area contributed by atoms with Crippen LogP contribution in [0.1, 0.15) is 24.5 Å². The minimum absolute atomic E-state index is 0.258. The van der Waals surface area contributed by atoms with E-state index in [1.54, 1.807) is 6.92 Å². The molecule has 1 aromatic carbocycles. The summed E-state index contributed by atoms with van der Waals surface area (Å²) in [6.45, 7) is 2.89. The number of hydrogen-bond acceptors (Lipinski definition) is 4. The van der Waals surface area contributed by atoms with Crippen molar-refractivity contribution in [3.63, 3.8) is 0 Å². The highest BCUT2D eigenvalue weighted by Crippen LogP contribution is 2.37. The van der Waals surface area contributed by atoms with Gasteiger partial charge < -0.3 is 4.74 Å². The third-order valence-electron chi connectivity index (χ3n) is 3.57. The van der Waals surface area contributed by atoms with E-state index in [9.17, 15) is 4.79 Å². The summed E-state index contributed by atoms with van der Waals surface area (Å²) in [6.07, 6.45) is 1.50. The molecule has 0 bridgehead atoms. The van der Waals surface area contributed by atoms with Crippen molar-refractivity contribution >= 4 is 5.97 Å². The van der Waals surface area contributed by atoms with E-state index < -0.39 is 5.54 Å². The highest BCUT2D eigenvalue weighted by Gasteiger charge is 2.45. The Labute approximate surface area is 117 Å². The third kappa shape index (κ3) is 2.61. The molecule has 1 atom stereocenters. The zero-order chi connectivity index (χ0) is 14.4. The first-order valence-corrected chi connectivity index (χ1v) is 6.76. The fraction of sp³-hybridized carbons (Fsp3) is 0.500. The molecule has 0 aromatic heterocycles. The first kappa shape index (κ1) is 14.4. The number of aryl methyl sites for hydroxylation is 1. The number of hydrogen-bond donors (Lipinski definition) is 1. The smallest absolute Gasteiger partial charge is 0.331 e. The van der Waals surface area contributed by atoms with Gasteiger partial charge in [0.25, 0.3) is 0 Å². The van der Waals surface area contributed by atoms with Crippen LogP contribution in [0.25, 0.3) is 10.4 Å². The van der Waals surface area contributed by atoms with Crippen molar-refractivity contribution in [2.45, 2.75) is 25.3 Å². The van der Waals surface area contributed by atoms with E-state index in [2.05, 4.69) is 15.3 Å². The van der Waals surface area contributed by atoms with Crippen molar-refractivity contribution in [1.82, 2.24) is 5.32 Å². The molecule has 1 unspecified atom stereocenters. The predicted octanol–water partition coefficient (Wildman–Crippen LogP) is 2.29. The molecule has 2 rings (SSSR count). The maximum Gasteiger partial charge on any atom is 0.331 e. The van der Waals surface area contributed by atoms with Gasteiger partial charge in [0.1, 0.15) is 5.54 Å². The second-order valence-electron chi connectivity index (χ2n) is 4.66. The van der Waals surface area contributed by atoms with Gasteiger partial charge in [-0.1, -0.05) is 29.4 Å². The van der Waals surface area contributed by atoms with E-state index in [0.29, 0.717) is 26.1 Å². The van der Waals surface area contributed by atoms with Crippen LogP contribution in [0, 0.1) is 0 Å². The summed E-state index contributed by atoms with van der Waals surface area (Å²) in [5.74, 6) is -0.258. The maximum atomic E-state index is 12.4. The molecule has 0 fully saturated rings. The van der Waals surface area contributed by atoms with Crippen LogP contribution in [0.15, 0.2) is 29.4 Å². The van der Waals surface area contributed by atoms with Crippen LogP contribution in [-0.4, -0.2) is 25.7 Å². The Balaban J connectivity index is 2.26. The van der Waals surface area contributed by atoms with E-state index in [-0.39, 0.29) is 5.97 Å². The number of azide groups is 1. The zero-order valence-corrected chi connectivity index (χ0v) is 11.5. The number of fused-ring (bicyclic) bond motifs is 1. The Morgan fingerprint density at radius 3 is 3.10 bits per heavy atom. The fourth-order valence-electron chi connectivity index (χ4n) is 2.70. The number of ether oxygens (including phenoxy) is 1. The Morgan fingerprint density at radius 1 is 1.55 bits per heavy atom. The number of carbonyl (C=O) groups is 1. The topological polar surface area (TPSA) is 87.1 Å².